The number of hydrogen-bond donors (Lipinski definition) is 2. The van der Waals surface area contributed by atoms with Crippen molar-refractivity contribution in [3.8, 4) is 0 Å². The van der Waals surface area contributed by atoms with Gasteiger partial charge in [0.15, 0.2) is 5.84 Å². The van der Waals surface area contributed by atoms with E-state index in [9.17, 15) is 0 Å². The van der Waals surface area contributed by atoms with E-state index in [2.05, 4.69) is 20.1 Å². The third-order valence-corrected chi connectivity index (χ3v) is 2.54. The van der Waals surface area contributed by atoms with Crippen LogP contribution in [0.4, 0.5) is 5.82 Å². The minimum atomic E-state index is -0.0611. The summed E-state index contributed by atoms with van der Waals surface area (Å²) in [6.45, 7) is 0.672. The van der Waals surface area contributed by atoms with E-state index in [0.29, 0.717) is 18.1 Å². The normalized spacial score (nSPS) is 11.3. The molecular weight excluding hydrogens is 244 g/mol. The van der Waals surface area contributed by atoms with E-state index >= 15 is 0 Å². The molecule has 0 spiro atoms. The van der Waals surface area contributed by atoms with Crippen molar-refractivity contribution in [3.05, 3.63) is 48.2 Å². The molecule has 0 saturated heterocycles. The summed E-state index contributed by atoms with van der Waals surface area (Å²) in [5, 5.41) is 11.4. The molecule has 19 heavy (non-hydrogen) atoms. The average molecular weight is 258 g/mol. The molecule has 2 aromatic heterocycles. The molecule has 2 rings (SSSR count). The molecule has 0 aliphatic rings. The zero-order valence-electron chi connectivity index (χ0n) is 10.4. The predicted octanol–water partition coefficient (Wildman–Crippen LogP) is 0.602. The Balaban J connectivity index is 2.10. The van der Waals surface area contributed by atoms with Crippen molar-refractivity contribution >= 4 is 11.7 Å². The molecular formula is C12H14N6O. The summed E-state index contributed by atoms with van der Waals surface area (Å²) in [5.41, 5.74) is 6.83. The number of rotatable bonds is 4. The fourth-order valence-electron chi connectivity index (χ4n) is 1.55. The van der Waals surface area contributed by atoms with Crippen molar-refractivity contribution in [2.75, 3.05) is 11.9 Å². The number of amidine groups is 1. The van der Waals surface area contributed by atoms with Crippen LogP contribution in [0, 0.1) is 0 Å². The maximum atomic E-state index is 8.54. The van der Waals surface area contributed by atoms with Gasteiger partial charge in [0, 0.05) is 26.0 Å². The zero-order valence-corrected chi connectivity index (χ0v) is 10.4. The molecule has 2 heterocycles. The standard InChI is InChI=1S/C12H14N6O/c1-18(8-9-3-2-4-14-5-9)11-7-15-10(6-16-11)12(13)17-19/h2-7,19H,8H2,1H3,(H2,13,17). The molecule has 0 atom stereocenters. The monoisotopic (exact) mass is 258 g/mol. The van der Waals surface area contributed by atoms with Crippen molar-refractivity contribution < 1.29 is 5.21 Å². The van der Waals surface area contributed by atoms with Crippen LogP contribution in [0.1, 0.15) is 11.3 Å². The molecule has 0 amide bonds. The summed E-state index contributed by atoms with van der Waals surface area (Å²) in [5.74, 6) is 0.632. The van der Waals surface area contributed by atoms with Crippen LogP contribution in [-0.2, 0) is 6.54 Å². The van der Waals surface area contributed by atoms with E-state index in [1.807, 2.05) is 24.1 Å². The van der Waals surface area contributed by atoms with Gasteiger partial charge in [-0.25, -0.2) is 9.97 Å². The maximum Gasteiger partial charge on any atom is 0.190 e. The first-order valence-corrected chi connectivity index (χ1v) is 5.60. The van der Waals surface area contributed by atoms with Crippen LogP contribution in [0.25, 0.3) is 0 Å². The molecule has 0 fully saturated rings. The largest absolute Gasteiger partial charge is 0.409 e. The van der Waals surface area contributed by atoms with Crippen molar-refractivity contribution in [3.63, 3.8) is 0 Å². The Hall–Kier alpha value is -2.70. The Morgan fingerprint density at radius 3 is 2.79 bits per heavy atom. The Kier molecular flexibility index (Phi) is 3.87. The Labute approximate surface area is 110 Å². The van der Waals surface area contributed by atoms with Crippen LogP contribution < -0.4 is 10.6 Å². The van der Waals surface area contributed by atoms with Gasteiger partial charge in [-0.1, -0.05) is 11.2 Å². The molecule has 0 radical (unpaired) electrons. The lowest BCUT2D eigenvalue weighted by atomic mass is 10.3. The van der Waals surface area contributed by atoms with Crippen LogP contribution in [-0.4, -0.2) is 33.0 Å². The minimum absolute atomic E-state index is 0.0611. The SMILES string of the molecule is CN(Cc1cccnc1)c1cnc(C(N)=NO)cn1. The summed E-state index contributed by atoms with van der Waals surface area (Å²) in [6, 6.07) is 3.87. The van der Waals surface area contributed by atoms with Gasteiger partial charge < -0.3 is 15.8 Å². The Bertz CT molecular complexity index is 554. The molecule has 98 valence electrons. The van der Waals surface area contributed by atoms with Crippen LogP contribution in [0.2, 0.25) is 0 Å². The van der Waals surface area contributed by atoms with E-state index in [4.69, 9.17) is 10.9 Å². The molecule has 0 aromatic carbocycles. The van der Waals surface area contributed by atoms with Crippen LogP contribution >= 0.6 is 0 Å². The number of pyridine rings is 1. The first kappa shape index (κ1) is 12.7. The summed E-state index contributed by atoms with van der Waals surface area (Å²) in [6.07, 6.45) is 6.57. The molecule has 0 aliphatic carbocycles. The lowest BCUT2D eigenvalue weighted by Gasteiger charge is -2.17. The number of aromatic nitrogens is 3. The van der Waals surface area contributed by atoms with Gasteiger partial charge in [0.05, 0.1) is 12.4 Å². The molecule has 3 N–H and O–H groups in total. The van der Waals surface area contributed by atoms with Gasteiger partial charge in [-0.15, -0.1) is 0 Å². The van der Waals surface area contributed by atoms with Gasteiger partial charge in [-0.2, -0.15) is 0 Å². The molecule has 0 aliphatic heterocycles. The number of oxime groups is 1. The molecule has 0 unspecified atom stereocenters. The zero-order chi connectivity index (χ0) is 13.7. The topological polar surface area (TPSA) is 101 Å². The highest BCUT2D eigenvalue weighted by Crippen LogP contribution is 2.10. The summed E-state index contributed by atoms with van der Waals surface area (Å²) in [4.78, 5) is 14.3. The summed E-state index contributed by atoms with van der Waals surface area (Å²) < 4.78 is 0. The smallest absolute Gasteiger partial charge is 0.190 e. The fourth-order valence-corrected chi connectivity index (χ4v) is 1.55. The second-order valence-electron chi connectivity index (χ2n) is 3.96. The average Bonchev–Trinajstić information content (AvgIpc) is 2.47. The van der Waals surface area contributed by atoms with Crippen LogP contribution in [0.5, 0.6) is 0 Å². The van der Waals surface area contributed by atoms with E-state index < -0.39 is 0 Å². The van der Waals surface area contributed by atoms with Gasteiger partial charge in [-0.05, 0) is 11.6 Å². The van der Waals surface area contributed by atoms with Gasteiger partial charge in [0.2, 0.25) is 0 Å². The van der Waals surface area contributed by atoms with Gasteiger partial charge in [0.25, 0.3) is 0 Å². The second kappa shape index (κ2) is 5.76. The predicted molar refractivity (Wildman–Crippen MR) is 70.9 cm³/mol. The van der Waals surface area contributed by atoms with Crippen molar-refractivity contribution in [2.24, 2.45) is 10.9 Å². The maximum absolute atomic E-state index is 8.54. The molecule has 0 saturated carbocycles. The number of nitrogens with two attached hydrogens (primary N) is 1. The highest BCUT2D eigenvalue weighted by atomic mass is 16.4. The van der Waals surface area contributed by atoms with Gasteiger partial charge in [-0.3, -0.25) is 4.98 Å². The van der Waals surface area contributed by atoms with E-state index in [-0.39, 0.29) is 5.84 Å². The summed E-state index contributed by atoms with van der Waals surface area (Å²) in [7, 11) is 1.90. The highest BCUT2D eigenvalue weighted by molar-refractivity contribution is 5.94. The fraction of sp³-hybridized carbons (Fsp3) is 0.167. The Morgan fingerprint density at radius 2 is 2.21 bits per heavy atom. The minimum Gasteiger partial charge on any atom is -0.409 e. The van der Waals surface area contributed by atoms with Crippen LogP contribution in [0.3, 0.4) is 0 Å². The third kappa shape index (κ3) is 3.15. The Morgan fingerprint density at radius 1 is 1.37 bits per heavy atom. The quantitative estimate of drug-likeness (QED) is 0.360. The van der Waals surface area contributed by atoms with Crippen molar-refractivity contribution in [1.82, 2.24) is 15.0 Å². The molecule has 7 nitrogen and oxygen atoms in total. The summed E-state index contributed by atoms with van der Waals surface area (Å²) >= 11 is 0. The lowest BCUT2D eigenvalue weighted by Crippen LogP contribution is -2.20. The molecule has 2 aromatic rings. The lowest BCUT2D eigenvalue weighted by molar-refractivity contribution is 0.318. The first-order valence-electron chi connectivity index (χ1n) is 5.60. The first-order chi connectivity index (χ1) is 9.20. The third-order valence-electron chi connectivity index (χ3n) is 2.54. The van der Waals surface area contributed by atoms with Crippen LogP contribution in [0.15, 0.2) is 42.1 Å². The number of nitrogens with zero attached hydrogens (tertiary/aromatic N) is 5. The molecule has 7 heteroatoms. The van der Waals surface area contributed by atoms with Gasteiger partial charge >= 0.3 is 0 Å². The number of hydrogen-bond acceptors (Lipinski definition) is 6. The van der Waals surface area contributed by atoms with E-state index in [1.165, 1.54) is 6.20 Å². The van der Waals surface area contributed by atoms with Crippen molar-refractivity contribution in [2.45, 2.75) is 6.54 Å². The van der Waals surface area contributed by atoms with Gasteiger partial charge in [0.1, 0.15) is 11.5 Å². The van der Waals surface area contributed by atoms with E-state index in [1.54, 1.807) is 18.6 Å². The van der Waals surface area contributed by atoms with Crippen molar-refractivity contribution in [1.29, 1.82) is 0 Å². The highest BCUT2D eigenvalue weighted by Gasteiger charge is 2.06. The molecule has 0 bridgehead atoms. The number of anilines is 1. The van der Waals surface area contributed by atoms with E-state index in [0.717, 1.165) is 5.56 Å². The second-order valence-corrected chi connectivity index (χ2v) is 3.96.